The van der Waals surface area contributed by atoms with Gasteiger partial charge >= 0.3 is 6.18 Å². The molecular weight excluding hydrogens is 520 g/mol. The number of amides is 2. The van der Waals surface area contributed by atoms with E-state index in [1.165, 1.54) is 24.5 Å². The lowest BCUT2D eigenvalue weighted by atomic mass is 9.96. The maximum Gasteiger partial charge on any atom is 0.418 e. The zero-order valence-corrected chi connectivity index (χ0v) is 20.9. The summed E-state index contributed by atoms with van der Waals surface area (Å²) >= 11 is 0. The van der Waals surface area contributed by atoms with Gasteiger partial charge in [-0.1, -0.05) is 12.1 Å². The van der Waals surface area contributed by atoms with Crippen LogP contribution in [0.3, 0.4) is 0 Å². The summed E-state index contributed by atoms with van der Waals surface area (Å²) in [4.78, 5) is 34.1. The molecule has 13 heteroatoms. The van der Waals surface area contributed by atoms with Crippen LogP contribution in [0.2, 0.25) is 0 Å². The molecule has 2 heterocycles. The molecule has 4 rings (SSSR count). The Bertz CT molecular complexity index is 1310. The third-order valence-electron chi connectivity index (χ3n) is 6.03. The van der Waals surface area contributed by atoms with E-state index in [1.807, 2.05) is 6.92 Å². The van der Waals surface area contributed by atoms with Crippen LogP contribution >= 0.6 is 0 Å². The van der Waals surface area contributed by atoms with Crippen molar-refractivity contribution in [3.63, 3.8) is 0 Å². The monoisotopic (exact) mass is 546 g/mol. The summed E-state index contributed by atoms with van der Waals surface area (Å²) in [6.45, 7) is 2.88. The van der Waals surface area contributed by atoms with E-state index < -0.39 is 34.9 Å². The van der Waals surface area contributed by atoms with Gasteiger partial charge < -0.3 is 26.0 Å². The third-order valence-corrected chi connectivity index (χ3v) is 6.03. The Morgan fingerprint density at radius 2 is 1.79 bits per heavy atom. The van der Waals surface area contributed by atoms with Gasteiger partial charge in [0.25, 0.3) is 5.91 Å². The molecule has 1 atom stereocenters. The molecule has 1 aromatic heterocycles. The molecule has 3 aromatic rings. The molecule has 39 heavy (non-hydrogen) atoms. The van der Waals surface area contributed by atoms with E-state index >= 15 is 0 Å². The number of rotatable bonds is 9. The number of carbonyl (C=O) groups is 2. The number of alkyl halides is 3. The van der Waals surface area contributed by atoms with Crippen LogP contribution < -0.4 is 21.3 Å². The quantitative estimate of drug-likeness (QED) is 0.300. The fraction of sp³-hybridized carbons (Fsp3) is 0.308. The van der Waals surface area contributed by atoms with Gasteiger partial charge in [-0.05, 0) is 42.8 Å². The van der Waals surface area contributed by atoms with Crippen LogP contribution in [0.1, 0.15) is 34.8 Å². The molecule has 9 nitrogen and oxygen atoms in total. The maximum absolute atomic E-state index is 13.4. The molecule has 0 bridgehead atoms. The fourth-order valence-electron chi connectivity index (χ4n) is 3.96. The number of anilines is 3. The Balaban J connectivity index is 1.38. The molecule has 206 valence electrons. The number of hydrogen-bond acceptors (Lipinski definition) is 7. The van der Waals surface area contributed by atoms with Crippen molar-refractivity contribution in [1.29, 1.82) is 0 Å². The van der Waals surface area contributed by atoms with Crippen molar-refractivity contribution >= 4 is 29.1 Å². The van der Waals surface area contributed by atoms with Crippen LogP contribution in [0, 0.1) is 5.82 Å². The van der Waals surface area contributed by atoms with Crippen molar-refractivity contribution < 1.29 is 31.9 Å². The summed E-state index contributed by atoms with van der Waals surface area (Å²) < 4.78 is 58.5. The number of nitrogens with zero attached hydrogens (tertiary/aromatic N) is 2. The molecule has 1 saturated heterocycles. The first-order valence-corrected chi connectivity index (χ1v) is 12.1. The summed E-state index contributed by atoms with van der Waals surface area (Å²) in [5.74, 6) is -1.57. The Labute approximate surface area is 221 Å². The first kappa shape index (κ1) is 27.8. The van der Waals surface area contributed by atoms with Gasteiger partial charge in [-0.25, -0.2) is 14.4 Å². The predicted octanol–water partition coefficient (Wildman–Crippen LogP) is 4.02. The minimum atomic E-state index is -4.73. The molecule has 2 amide bonds. The zero-order valence-electron chi connectivity index (χ0n) is 20.9. The second-order valence-corrected chi connectivity index (χ2v) is 8.86. The Hall–Kier alpha value is -4.26. The van der Waals surface area contributed by atoms with Crippen LogP contribution in [0.4, 0.5) is 34.9 Å². The van der Waals surface area contributed by atoms with Crippen molar-refractivity contribution in [2.45, 2.75) is 31.6 Å². The summed E-state index contributed by atoms with van der Waals surface area (Å²) in [6.07, 6.45) is -1.74. The second-order valence-electron chi connectivity index (χ2n) is 8.86. The Kier molecular flexibility index (Phi) is 8.29. The average molecular weight is 547 g/mol. The Morgan fingerprint density at radius 3 is 2.41 bits per heavy atom. The zero-order chi connectivity index (χ0) is 28.0. The van der Waals surface area contributed by atoms with E-state index in [0.717, 1.165) is 12.1 Å². The summed E-state index contributed by atoms with van der Waals surface area (Å²) in [6, 6.07) is 8.72. The SMILES string of the molecule is CCNc1ncc(C(=O)NC2(C(=O)NCc3ccc(Nc4ccc(F)cc4C(F)(F)F)cc3)CCOC2)cn1. The highest BCUT2D eigenvalue weighted by molar-refractivity contribution is 5.99. The minimum absolute atomic E-state index is 0.0109. The highest BCUT2D eigenvalue weighted by Crippen LogP contribution is 2.36. The number of benzene rings is 2. The van der Waals surface area contributed by atoms with Gasteiger partial charge in [-0.3, -0.25) is 9.59 Å². The van der Waals surface area contributed by atoms with Gasteiger partial charge in [-0.15, -0.1) is 0 Å². The van der Waals surface area contributed by atoms with Crippen LogP contribution in [0.5, 0.6) is 0 Å². The number of ether oxygens (including phenoxy) is 1. The lowest BCUT2D eigenvalue weighted by Gasteiger charge is -2.27. The molecular formula is C26H26F4N6O3. The number of aromatic nitrogens is 2. The van der Waals surface area contributed by atoms with E-state index in [9.17, 15) is 27.2 Å². The van der Waals surface area contributed by atoms with Crippen molar-refractivity contribution in [2.75, 3.05) is 30.4 Å². The molecule has 1 unspecified atom stereocenters. The van der Waals surface area contributed by atoms with Crippen LogP contribution in [-0.2, 0) is 22.3 Å². The van der Waals surface area contributed by atoms with Crippen molar-refractivity contribution in [3.8, 4) is 0 Å². The van der Waals surface area contributed by atoms with E-state index in [0.29, 0.717) is 29.8 Å². The van der Waals surface area contributed by atoms with Gasteiger partial charge in [0.15, 0.2) is 0 Å². The smallest absolute Gasteiger partial charge is 0.378 e. The first-order chi connectivity index (χ1) is 18.6. The van der Waals surface area contributed by atoms with E-state index in [4.69, 9.17) is 4.74 Å². The lowest BCUT2D eigenvalue weighted by molar-refractivity contribution is -0.137. The van der Waals surface area contributed by atoms with Gasteiger partial charge in [0.05, 0.1) is 23.4 Å². The highest BCUT2D eigenvalue weighted by atomic mass is 19.4. The second kappa shape index (κ2) is 11.6. The minimum Gasteiger partial charge on any atom is -0.378 e. The summed E-state index contributed by atoms with van der Waals surface area (Å²) in [5.41, 5.74) is -1.49. The normalized spacial score (nSPS) is 16.9. The van der Waals surface area contributed by atoms with Gasteiger partial charge in [0.2, 0.25) is 11.9 Å². The molecule has 0 aliphatic carbocycles. The Morgan fingerprint density at radius 1 is 1.08 bits per heavy atom. The van der Waals surface area contributed by atoms with Gasteiger partial charge in [0.1, 0.15) is 11.4 Å². The maximum atomic E-state index is 13.4. The third kappa shape index (κ3) is 6.79. The lowest BCUT2D eigenvalue weighted by Crippen LogP contribution is -2.59. The number of carbonyl (C=O) groups excluding carboxylic acids is 2. The molecule has 4 N–H and O–H groups in total. The molecule has 1 aliphatic rings. The number of halogens is 4. The molecule has 1 aliphatic heterocycles. The van der Waals surface area contributed by atoms with E-state index in [-0.39, 0.29) is 37.4 Å². The topological polar surface area (TPSA) is 117 Å². The number of nitrogens with one attached hydrogen (secondary N) is 4. The molecule has 0 saturated carbocycles. The van der Waals surface area contributed by atoms with Crippen LogP contribution in [0.15, 0.2) is 54.9 Å². The van der Waals surface area contributed by atoms with Crippen molar-refractivity contribution in [3.05, 3.63) is 77.4 Å². The largest absolute Gasteiger partial charge is 0.418 e. The first-order valence-electron chi connectivity index (χ1n) is 12.1. The number of hydrogen-bond donors (Lipinski definition) is 4. The van der Waals surface area contributed by atoms with E-state index in [2.05, 4.69) is 31.2 Å². The van der Waals surface area contributed by atoms with Crippen LogP contribution in [0.25, 0.3) is 0 Å². The van der Waals surface area contributed by atoms with Crippen LogP contribution in [-0.4, -0.2) is 47.1 Å². The van der Waals surface area contributed by atoms with Gasteiger partial charge in [0, 0.05) is 44.2 Å². The van der Waals surface area contributed by atoms with E-state index in [1.54, 1.807) is 12.1 Å². The standard InChI is InChI=1S/C26H26F4N6O3/c1-2-31-24-33-13-17(14-34-24)22(37)36-25(9-10-39-15-25)23(38)32-12-16-3-6-19(7-4-16)35-21-8-5-18(27)11-20(21)26(28,29)30/h3-8,11,13-14,35H,2,9-10,12,15H2,1H3,(H,32,38)(H,36,37)(H,31,33,34). The fourth-order valence-corrected chi connectivity index (χ4v) is 3.96. The van der Waals surface area contributed by atoms with Gasteiger partial charge in [-0.2, -0.15) is 13.2 Å². The van der Waals surface area contributed by atoms with Crippen molar-refractivity contribution in [1.82, 2.24) is 20.6 Å². The average Bonchev–Trinajstić information content (AvgIpc) is 3.39. The highest BCUT2D eigenvalue weighted by Gasteiger charge is 2.43. The van der Waals surface area contributed by atoms with Crippen molar-refractivity contribution in [2.24, 2.45) is 0 Å². The molecule has 2 aromatic carbocycles. The molecule has 0 radical (unpaired) electrons. The predicted molar refractivity (Wildman–Crippen MR) is 135 cm³/mol. The molecule has 0 spiro atoms. The summed E-state index contributed by atoms with van der Waals surface area (Å²) in [5, 5.41) is 11.1. The molecule has 1 fully saturated rings. The summed E-state index contributed by atoms with van der Waals surface area (Å²) in [7, 11) is 0.